The third-order valence-electron chi connectivity index (χ3n) is 10.2. The number of hydrogen-bond acceptors (Lipinski definition) is 8. The maximum absolute atomic E-state index is 17.1. The average molecular weight is 900 g/mol. The van der Waals surface area contributed by atoms with Gasteiger partial charge in [0, 0.05) is 19.5 Å². The molecule has 3 aliphatic rings. The van der Waals surface area contributed by atoms with Crippen LogP contribution in [0.15, 0.2) is 42.5 Å². The molecule has 52 heavy (non-hydrogen) atoms. The minimum Gasteiger partial charge on any atom is -0.198 e. The molecule has 9 nitrogen and oxygen atoms in total. The Labute approximate surface area is 316 Å². The van der Waals surface area contributed by atoms with Crippen molar-refractivity contribution in [2.24, 2.45) is 0 Å². The summed E-state index contributed by atoms with van der Waals surface area (Å²) >= 11 is 0.421. The molecule has 1 aromatic heterocycles. The van der Waals surface area contributed by atoms with E-state index in [4.69, 9.17) is 14.5 Å². The van der Waals surface area contributed by atoms with Crippen molar-refractivity contribution >= 4 is 59.4 Å². The van der Waals surface area contributed by atoms with Gasteiger partial charge < -0.3 is 9.64 Å². The van der Waals surface area contributed by atoms with Gasteiger partial charge in [-0.15, -0.1) is 0 Å². The van der Waals surface area contributed by atoms with Gasteiger partial charge in [-0.05, 0) is 40.2 Å². The van der Waals surface area contributed by atoms with Crippen LogP contribution in [0, 0.1) is 32.4 Å². The molecule has 3 aliphatic heterocycles. The normalized spacial score (nSPS) is 21.8. The van der Waals surface area contributed by atoms with Crippen molar-refractivity contribution in [2.45, 2.75) is 69.8 Å². The number of hydrogen-bond donors (Lipinski definition) is 0. The first-order valence-corrected chi connectivity index (χ1v) is 19.7. The topological polar surface area (TPSA) is 94.8 Å². The molecule has 0 unspecified atom stereocenters. The SMILES string of the molecule is CC(C)(C)OC(=O)N1CCN(c2nc(OC[C@@]34CCCN3C[C@H](F)C4)nc3c(F)c(-c4cccc5cccc(C#[C][Tl])c45)c(F)cc23)C[C@@H]1CC#N. The average Bonchev–Trinajstić information content (AvgIpc) is 3.62. The summed E-state index contributed by atoms with van der Waals surface area (Å²) in [5, 5.41) is 11.3. The Bertz CT molecular complexity index is 2160. The molecule has 3 atom stereocenters. The van der Waals surface area contributed by atoms with E-state index in [9.17, 15) is 14.4 Å². The summed E-state index contributed by atoms with van der Waals surface area (Å²) < 4.78 is 63.2. The minimum atomic E-state index is -0.968. The maximum atomic E-state index is 17.1. The number of anilines is 1. The smallest absolute Gasteiger partial charge is 0.198 e. The quantitative estimate of drug-likeness (QED) is 0.160. The van der Waals surface area contributed by atoms with Gasteiger partial charge in [0.05, 0.1) is 24.1 Å². The van der Waals surface area contributed by atoms with Gasteiger partial charge in [0.2, 0.25) is 0 Å². The zero-order valence-corrected chi connectivity index (χ0v) is 33.9. The van der Waals surface area contributed by atoms with Crippen molar-refractivity contribution < 1.29 is 27.4 Å². The molecule has 0 N–H and O–H groups in total. The van der Waals surface area contributed by atoms with E-state index in [1.54, 1.807) is 32.9 Å². The minimum absolute atomic E-state index is 0.00475. The van der Waals surface area contributed by atoms with Crippen LogP contribution in [0.4, 0.5) is 23.8 Å². The van der Waals surface area contributed by atoms with Crippen molar-refractivity contribution in [1.29, 1.82) is 5.26 Å². The Morgan fingerprint density at radius 2 is 1.90 bits per heavy atom. The first kappa shape index (κ1) is 36.2. The van der Waals surface area contributed by atoms with Gasteiger partial charge in [0.15, 0.2) is 0 Å². The molecule has 1 amide bonds. The number of alkyl halides is 1. The second kappa shape index (κ2) is 14.3. The molecule has 3 saturated heterocycles. The third kappa shape index (κ3) is 6.87. The summed E-state index contributed by atoms with van der Waals surface area (Å²) in [5.41, 5.74) is -0.600. The molecule has 0 spiro atoms. The number of rotatable bonds is 6. The summed E-state index contributed by atoms with van der Waals surface area (Å²) in [7, 11) is 0. The number of nitriles is 1. The van der Waals surface area contributed by atoms with Crippen LogP contribution in [0.1, 0.15) is 52.0 Å². The van der Waals surface area contributed by atoms with Gasteiger partial charge in [0.25, 0.3) is 0 Å². The zero-order valence-electron chi connectivity index (χ0n) is 29.4. The predicted octanol–water partition coefficient (Wildman–Crippen LogP) is 6.50. The van der Waals surface area contributed by atoms with Crippen molar-refractivity contribution in [3.8, 4) is 32.6 Å². The molecule has 4 aromatic rings. The standard InChI is InChI=1S/C39H38F3N6O3.Tl/c1-5-24-9-6-10-25-11-7-12-28(31(24)25)32-30(41)19-29-34(33(32)42)44-36(50-23-39-14-8-16-47(39)21-26(40)20-39)45-35(29)46-17-18-48(27(22-46)13-15-43)37(49)51-38(2,3)4;/h6-7,9-12,19,26-27H,8,13-14,16-18,20-23H2,2-4H3;/t26-,27+,39+;/m1./s1. The van der Waals surface area contributed by atoms with Crippen LogP contribution in [0.2, 0.25) is 0 Å². The van der Waals surface area contributed by atoms with E-state index in [1.807, 2.05) is 29.2 Å². The molecule has 266 valence electrons. The van der Waals surface area contributed by atoms with Crippen LogP contribution in [0.5, 0.6) is 6.01 Å². The second-order valence-corrected chi connectivity index (χ2v) is 15.9. The van der Waals surface area contributed by atoms with Crippen LogP contribution in [-0.2, 0) is 4.74 Å². The Balaban J connectivity index is 1.35. The fourth-order valence-electron chi connectivity index (χ4n) is 7.98. The number of carbonyl (C=O) groups excluding carboxylic acids is 1. The number of piperazine rings is 1. The van der Waals surface area contributed by atoms with Crippen LogP contribution < -0.4 is 9.64 Å². The summed E-state index contributed by atoms with van der Waals surface area (Å²) in [6.07, 6.45) is 0.491. The number of ether oxygens (including phenoxy) is 2. The number of carbonyl (C=O) groups is 1. The summed E-state index contributed by atoms with van der Waals surface area (Å²) in [6.45, 7) is 7.11. The summed E-state index contributed by atoms with van der Waals surface area (Å²) in [5.74, 6) is 1.68. The third-order valence-corrected chi connectivity index (χ3v) is 10.8. The molecular formula is C39H38F3N6O3Tl. The van der Waals surface area contributed by atoms with E-state index in [0.29, 0.717) is 55.2 Å². The fraction of sp³-hybridized carbons (Fsp3) is 0.436. The number of aromatic nitrogens is 2. The number of benzene rings is 3. The Kier molecular flexibility index (Phi) is 10.00. The molecule has 0 saturated carbocycles. The van der Waals surface area contributed by atoms with E-state index >= 15 is 8.78 Å². The van der Waals surface area contributed by atoms with Crippen molar-refractivity contribution in [3.63, 3.8) is 0 Å². The Morgan fingerprint density at radius 1 is 1.12 bits per heavy atom. The molecule has 3 aromatic carbocycles. The molecular weight excluding hydrogens is 862 g/mol. The molecule has 0 bridgehead atoms. The van der Waals surface area contributed by atoms with Crippen LogP contribution in [0.3, 0.4) is 0 Å². The monoisotopic (exact) mass is 900 g/mol. The summed E-state index contributed by atoms with van der Waals surface area (Å²) in [4.78, 5) is 27.9. The Morgan fingerprint density at radius 3 is 2.65 bits per heavy atom. The van der Waals surface area contributed by atoms with E-state index in [1.165, 1.54) is 11.0 Å². The first-order chi connectivity index (χ1) is 24.9. The number of nitrogens with zero attached hydrogens (tertiary/aromatic N) is 6. The van der Waals surface area contributed by atoms with Crippen molar-refractivity contribution in [2.75, 3.05) is 44.2 Å². The van der Waals surface area contributed by atoms with Crippen LogP contribution in [0.25, 0.3) is 32.8 Å². The molecule has 13 heteroatoms. The van der Waals surface area contributed by atoms with Gasteiger partial charge in [-0.3, -0.25) is 4.90 Å². The van der Waals surface area contributed by atoms with Crippen molar-refractivity contribution in [3.05, 3.63) is 59.7 Å². The summed E-state index contributed by atoms with van der Waals surface area (Å²) in [6, 6.07) is 13.6. The number of amides is 1. The van der Waals surface area contributed by atoms with Crippen LogP contribution >= 0.6 is 0 Å². The fourth-order valence-corrected chi connectivity index (χ4v) is 8.58. The molecule has 0 aliphatic carbocycles. The molecule has 0 radical (unpaired) electrons. The van der Waals surface area contributed by atoms with Gasteiger partial charge in [-0.25, -0.2) is 9.18 Å². The molecule has 4 heterocycles. The second-order valence-electron chi connectivity index (χ2n) is 14.8. The van der Waals surface area contributed by atoms with E-state index in [0.717, 1.165) is 24.8 Å². The zero-order chi connectivity index (χ0) is 36.8. The van der Waals surface area contributed by atoms with E-state index in [-0.39, 0.29) is 61.0 Å². The van der Waals surface area contributed by atoms with Crippen LogP contribution in [-0.4, -0.2) is 114 Å². The number of halogens is 3. The molecule has 7 rings (SSSR count). The Hall–Kier alpha value is -4.15. The van der Waals surface area contributed by atoms with Gasteiger partial charge in [-0.2, -0.15) is 5.26 Å². The number of fused-ring (bicyclic) bond motifs is 3. The predicted molar refractivity (Wildman–Crippen MR) is 193 cm³/mol. The molecule has 3 fully saturated rings. The van der Waals surface area contributed by atoms with Gasteiger partial charge >= 0.3 is 194 Å². The van der Waals surface area contributed by atoms with E-state index in [2.05, 4.69) is 25.4 Å². The first-order valence-electron chi connectivity index (χ1n) is 17.5. The van der Waals surface area contributed by atoms with E-state index < -0.39 is 41.1 Å². The van der Waals surface area contributed by atoms with Crippen molar-refractivity contribution in [1.82, 2.24) is 19.8 Å². The van der Waals surface area contributed by atoms with Gasteiger partial charge in [-0.1, -0.05) is 0 Å². The van der Waals surface area contributed by atoms with Gasteiger partial charge in [0.1, 0.15) is 11.8 Å².